The predicted octanol–water partition coefficient (Wildman–Crippen LogP) is 2.40. The molecule has 4 nitrogen and oxygen atoms in total. The van der Waals surface area contributed by atoms with Gasteiger partial charge in [0.2, 0.25) is 0 Å². The zero-order valence-electron chi connectivity index (χ0n) is 11.4. The molecule has 0 aliphatic carbocycles. The summed E-state index contributed by atoms with van der Waals surface area (Å²) < 4.78 is 15.7. The lowest BCUT2D eigenvalue weighted by molar-refractivity contribution is 0.276. The molecule has 0 fully saturated rings. The quantitative estimate of drug-likeness (QED) is 0.552. The molecule has 18 heavy (non-hydrogen) atoms. The van der Waals surface area contributed by atoms with Gasteiger partial charge >= 0.3 is 9.28 Å². The summed E-state index contributed by atoms with van der Waals surface area (Å²) in [4.78, 5) is 0. The molecular formula is C13H23NO3Si. The molecule has 0 radical (unpaired) electrons. The van der Waals surface area contributed by atoms with E-state index in [-0.39, 0.29) is 0 Å². The number of ether oxygens (including phenoxy) is 1. The summed E-state index contributed by atoms with van der Waals surface area (Å²) in [5.41, 5.74) is 1.13. The molecule has 1 N–H and O–H groups in total. The third-order valence-corrected chi connectivity index (χ3v) is 4.74. The fourth-order valence-corrected chi connectivity index (χ4v) is 3.00. The molecule has 0 bridgehead atoms. The monoisotopic (exact) mass is 269 g/mol. The fourth-order valence-electron chi connectivity index (χ4n) is 1.71. The van der Waals surface area contributed by atoms with Crippen molar-refractivity contribution < 1.29 is 13.6 Å². The number of unbranched alkanes of at least 4 members (excludes halogenated alkanes) is 1. The molecule has 0 aliphatic rings. The number of methoxy groups -OCH3 is 1. The molecule has 0 aromatic heterocycles. The summed E-state index contributed by atoms with van der Waals surface area (Å²) in [5.74, 6) is 0.884. The minimum Gasteiger partial charge on any atom is -0.497 e. The molecule has 0 heterocycles. The zero-order chi connectivity index (χ0) is 13.2. The van der Waals surface area contributed by atoms with Crippen molar-refractivity contribution in [3.63, 3.8) is 0 Å². The highest BCUT2D eigenvalue weighted by Crippen LogP contribution is 2.15. The first-order valence-corrected chi connectivity index (χ1v) is 7.99. The number of anilines is 1. The molecule has 102 valence electrons. The van der Waals surface area contributed by atoms with Crippen LogP contribution in [0.5, 0.6) is 5.75 Å². The second kappa shape index (κ2) is 8.96. The van der Waals surface area contributed by atoms with Gasteiger partial charge in [-0.05, 0) is 43.2 Å². The highest BCUT2D eigenvalue weighted by molar-refractivity contribution is 6.44. The van der Waals surface area contributed by atoms with Crippen LogP contribution >= 0.6 is 0 Å². The first kappa shape index (κ1) is 15.0. The van der Waals surface area contributed by atoms with Crippen molar-refractivity contribution in [1.29, 1.82) is 0 Å². The maximum Gasteiger partial charge on any atom is 0.320 e. The first-order chi connectivity index (χ1) is 8.80. The van der Waals surface area contributed by atoms with Crippen LogP contribution in [-0.2, 0) is 8.85 Å². The van der Waals surface area contributed by atoms with E-state index in [2.05, 4.69) is 5.32 Å². The molecule has 5 heteroatoms. The van der Waals surface area contributed by atoms with Crippen LogP contribution in [0.1, 0.15) is 12.8 Å². The maximum atomic E-state index is 5.27. The number of hydrogen-bond acceptors (Lipinski definition) is 4. The minimum atomic E-state index is -1.36. The second-order valence-electron chi connectivity index (χ2n) is 4.05. The summed E-state index contributed by atoms with van der Waals surface area (Å²) >= 11 is 0. The van der Waals surface area contributed by atoms with E-state index >= 15 is 0 Å². The van der Waals surface area contributed by atoms with Crippen LogP contribution < -0.4 is 10.1 Å². The van der Waals surface area contributed by atoms with E-state index in [1.807, 2.05) is 24.3 Å². The Morgan fingerprint density at radius 1 is 1.00 bits per heavy atom. The van der Waals surface area contributed by atoms with Crippen LogP contribution in [0.2, 0.25) is 6.04 Å². The van der Waals surface area contributed by atoms with Crippen molar-refractivity contribution in [2.45, 2.75) is 18.9 Å². The van der Waals surface area contributed by atoms with E-state index in [4.69, 9.17) is 13.6 Å². The van der Waals surface area contributed by atoms with Gasteiger partial charge in [0.25, 0.3) is 0 Å². The van der Waals surface area contributed by atoms with Gasteiger partial charge in [-0.15, -0.1) is 0 Å². The largest absolute Gasteiger partial charge is 0.497 e. The van der Waals surface area contributed by atoms with Gasteiger partial charge in [0, 0.05) is 26.5 Å². The molecule has 0 saturated heterocycles. The van der Waals surface area contributed by atoms with Gasteiger partial charge in [-0.3, -0.25) is 0 Å². The molecule has 1 rings (SSSR count). The normalized spacial score (nSPS) is 10.7. The van der Waals surface area contributed by atoms with Gasteiger partial charge in [-0.2, -0.15) is 0 Å². The Labute approximate surface area is 111 Å². The van der Waals surface area contributed by atoms with E-state index in [9.17, 15) is 0 Å². The molecule has 0 spiro atoms. The fraction of sp³-hybridized carbons (Fsp3) is 0.538. The number of nitrogens with one attached hydrogen (secondary N) is 1. The van der Waals surface area contributed by atoms with Crippen LogP contribution in [0.3, 0.4) is 0 Å². The number of hydrogen-bond donors (Lipinski definition) is 1. The summed E-state index contributed by atoms with van der Waals surface area (Å²) in [7, 11) is 3.78. The minimum absolute atomic E-state index is 0.884. The lowest BCUT2D eigenvalue weighted by Gasteiger charge is -2.11. The average Bonchev–Trinajstić information content (AvgIpc) is 2.43. The Morgan fingerprint density at radius 2 is 1.67 bits per heavy atom. The highest BCUT2D eigenvalue weighted by Gasteiger charge is 2.07. The Balaban J connectivity index is 2.13. The van der Waals surface area contributed by atoms with Crippen LogP contribution in [0, 0.1) is 0 Å². The molecule has 0 amide bonds. The molecular weight excluding hydrogens is 246 g/mol. The van der Waals surface area contributed by atoms with E-state index in [1.165, 1.54) is 0 Å². The maximum absolute atomic E-state index is 5.27. The van der Waals surface area contributed by atoms with Crippen LogP contribution in [0.15, 0.2) is 24.3 Å². The van der Waals surface area contributed by atoms with E-state index < -0.39 is 9.28 Å². The lowest BCUT2D eigenvalue weighted by Crippen LogP contribution is -2.18. The molecule has 0 atom stereocenters. The standard InChI is InChI=1S/C13H23NO3Si/c1-15-13-8-6-12(7-9-13)14-10-4-5-11-18(16-2)17-3/h6-9,14,18H,4-5,10-11H2,1-3H3. The Hall–Kier alpha value is -1.04. The van der Waals surface area contributed by atoms with Crippen molar-refractivity contribution in [3.05, 3.63) is 24.3 Å². The highest BCUT2D eigenvalue weighted by atomic mass is 28.3. The molecule has 0 saturated carbocycles. The Bertz CT molecular complexity index is 315. The summed E-state index contributed by atoms with van der Waals surface area (Å²) in [6, 6.07) is 9.04. The van der Waals surface area contributed by atoms with Gasteiger partial charge in [-0.25, -0.2) is 0 Å². The van der Waals surface area contributed by atoms with Crippen LogP contribution in [0.4, 0.5) is 5.69 Å². The van der Waals surface area contributed by atoms with Gasteiger partial charge < -0.3 is 18.9 Å². The van der Waals surface area contributed by atoms with Crippen molar-refractivity contribution in [3.8, 4) is 5.75 Å². The average molecular weight is 269 g/mol. The second-order valence-corrected chi connectivity index (χ2v) is 6.43. The molecule has 1 aromatic carbocycles. The number of rotatable bonds is 9. The lowest BCUT2D eigenvalue weighted by atomic mass is 10.3. The van der Waals surface area contributed by atoms with Crippen LogP contribution in [0.25, 0.3) is 0 Å². The van der Waals surface area contributed by atoms with Gasteiger partial charge in [0.15, 0.2) is 0 Å². The zero-order valence-corrected chi connectivity index (χ0v) is 12.6. The van der Waals surface area contributed by atoms with Gasteiger partial charge in [-0.1, -0.05) is 0 Å². The Kier molecular flexibility index (Phi) is 7.48. The van der Waals surface area contributed by atoms with Gasteiger partial charge in [0.05, 0.1) is 7.11 Å². The van der Waals surface area contributed by atoms with E-state index in [0.717, 1.165) is 36.9 Å². The van der Waals surface area contributed by atoms with Crippen LogP contribution in [-0.4, -0.2) is 37.2 Å². The van der Waals surface area contributed by atoms with Crippen molar-refractivity contribution in [2.75, 3.05) is 33.2 Å². The topological polar surface area (TPSA) is 39.7 Å². The molecule has 1 aromatic rings. The third-order valence-electron chi connectivity index (χ3n) is 2.81. The van der Waals surface area contributed by atoms with Crippen molar-refractivity contribution >= 4 is 15.0 Å². The van der Waals surface area contributed by atoms with E-state index in [1.54, 1.807) is 21.3 Å². The summed E-state index contributed by atoms with van der Waals surface area (Å²) in [5, 5.41) is 3.38. The Morgan fingerprint density at radius 3 is 2.22 bits per heavy atom. The summed E-state index contributed by atoms with van der Waals surface area (Å²) in [6.45, 7) is 0.973. The number of benzene rings is 1. The van der Waals surface area contributed by atoms with Crippen molar-refractivity contribution in [1.82, 2.24) is 0 Å². The van der Waals surface area contributed by atoms with Gasteiger partial charge in [0.1, 0.15) is 5.75 Å². The molecule has 0 aliphatic heterocycles. The predicted molar refractivity (Wildman–Crippen MR) is 76.7 cm³/mol. The van der Waals surface area contributed by atoms with E-state index in [0.29, 0.717) is 0 Å². The first-order valence-electron chi connectivity index (χ1n) is 6.23. The third kappa shape index (κ3) is 5.53. The smallest absolute Gasteiger partial charge is 0.320 e. The summed E-state index contributed by atoms with van der Waals surface area (Å²) in [6.07, 6.45) is 2.27. The SMILES string of the molecule is COc1ccc(NCCCC[SiH](OC)OC)cc1. The van der Waals surface area contributed by atoms with Crippen molar-refractivity contribution in [2.24, 2.45) is 0 Å². The molecule has 0 unspecified atom stereocenters.